The van der Waals surface area contributed by atoms with E-state index < -0.39 is 5.97 Å². The second-order valence-electron chi connectivity index (χ2n) is 6.23. The van der Waals surface area contributed by atoms with Gasteiger partial charge in [0.2, 0.25) is 0 Å². The van der Waals surface area contributed by atoms with Crippen LogP contribution in [0, 0.1) is 0 Å². The molecule has 1 saturated carbocycles. The summed E-state index contributed by atoms with van der Waals surface area (Å²) in [6.07, 6.45) is 5.33. The predicted octanol–water partition coefficient (Wildman–Crippen LogP) is 2.71. The second kappa shape index (κ2) is 6.94. The van der Waals surface area contributed by atoms with E-state index in [1.807, 2.05) is 11.6 Å². The van der Waals surface area contributed by atoms with Gasteiger partial charge >= 0.3 is 5.97 Å². The van der Waals surface area contributed by atoms with E-state index in [1.165, 1.54) is 0 Å². The third-order valence-electron chi connectivity index (χ3n) is 4.22. The number of amides is 1. The summed E-state index contributed by atoms with van der Waals surface area (Å²) in [5, 5.41) is 16.0. The summed E-state index contributed by atoms with van der Waals surface area (Å²) in [5.74, 6) is -0.551. The first-order valence-electron chi connectivity index (χ1n) is 8.04. The molecular weight excluding hydrogens is 282 g/mol. The molecule has 6 heteroatoms. The zero-order valence-electron chi connectivity index (χ0n) is 13.5. The standard InChI is InChI=1S/C16H25N3O3/c1-4-11(3)19-15(12-6-7-12)13(9-17-19)16(22)18-10(2)5-8-14(20)21/h9-12H,4-8H2,1-3H3,(H,18,22)(H,20,21). The van der Waals surface area contributed by atoms with Crippen LogP contribution < -0.4 is 5.32 Å². The fraction of sp³-hybridized carbons (Fsp3) is 0.688. The first-order valence-corrected chi connectivity index (χ1v) is 8.04. The summed E-state index contributed by atoms with van der Waals surface area (Å²) in [7, 11) is 0. The van der Waals surface area contributed by atoms with Crippen molar-refractivity contribution < 1.29 is 14.7 Å². The molecule has 22 heavy (non-hydrogen) atoms. The predicted molar refractivity (Wildman–Crippen MR) is 83.0 cm³/mol. The zero-order chi connectivity index (χ0) is 16.3. The van der Waals surface area contributed by atoms with Crippen LogP contribution in [0.15, 0.2) is 6.20 Å². The van der Waals surface area contributed by atoms with Gasteiger partial charge in [0.05, 0.1) is 17.5 Å². The fourth-order valence-corrected chi connectivity index (χ4v) is 2.55. The molecule has 1 aromatic rings. The lowest BCUT2D eigenvalue weighted by molar-refractivity contribution is -0.137. The van der Waals surface area contributed by atoms with E-state index in [4.69, 9.17) is 5.11 Å². The monoisotopic (exact) mass is 307 g/mol. The minimum atomic E-state index is -0.843. The number of carbonyl (C=O) groups is 2. The molecule has 0 saturated heterocycles. The number of hydrogen-bond donors (Lipinski definition) is 2. The van der Waals surface area contributed by atoms with Crippen LogP contribution in [0.25, 0.3) is 0 Å². The Morgan fingerprint density at radius 2 is 2.14 bits per heavy atom. The number of rotatable bonds is 8. The molecule has 1 aliphatic rings. The van der Waals surface area contributed by atoms with Crippen LogP contribution in [-0.2, 0) is 4.79 Å². The molecule has 1 aliphatic carbocycles. The summed E-state index contributed by atoms with van der Waals surface area (Å²) in [4.78, 5) is 23.1. The zero-order valence-corrected chi connectivity index (χ0v) is 13.5. The molecule has 122 valence electrons. The Balaban J connectivity index is 2.09. The smallest absolute Gasteiger partial charge is 0.303 e. The van der Waals surface area contributed by atoms with Crippen molar-refractivity contribution in [1.82, 2.24) is 15.1 Å². The van der Waals surface area contributed by atoms with Gasteiger partial charge in [-0.2, -0.15) is 5.10 Å². The summed E-state index contributed by atoms with van der Waals surface area (Å²) in [6.45, 7) is 6.05. The molecule has 6 nitrogen and oxygen atoms in total. The first-order chi connectivity index (χ1) is 10.4. The molecule has 1 heterocycles. The van der Waals surface area contributed by atoms with Crippen molar-refractivity contribution in [3.8, 4) is 0 Å². The molecule has 0 bridgehead atoms. The molecule has 1 aromatic heterocycles. The summed E-state index contributed by atoms with van der Waals surface area (Å²) in [5.41, 5.74) is 1.68. The number of carbonyl (C=O) groups excluding carboxylic acids is 1. The highest BCUT2D eigenvalue weighted by Gasteiger charge is 2.33. The largest absolute Gasteiger partial charge is 0.481 e. The molecule has 0 radical (unpaired) electrons. The lowest BCUT2D eigenvalue weighted by Gasteiger charge is -2.16. The summed E-state index contributed by atoms with van der Waals surface area (Å²) in [6, 6.07) is 0.115. The van der Waals surface area contributed by atoms with Crippen molar-refractivity contribution in [2.75, 3.05) is 0 Å². The number of aromatic nitrogens is 2. The van der Waals surface area contributed by atoms with Crippen LogP contribution in [-0.4, -0.2) is 32.8 Å². The molecule has 0 aromatic carbocycles. The van der Waals surface area contributed by atoms with E-state index in [2.05, 4.69) is 24.3 Å². The average molecular weight is 307 g/mol. The van der Waals surface area contributed by atoms with Gasteiger partial charge in [0, 0.05) is 24.4 Å². The molecule has 0 spiro atoms. The van der Waals surface area contributed by atoms with Crippen molar-refractivity contribution in [3.05, 3.63) is 17.5 Å². The third-order valence-corrected chi connectivity index (χ3v) is 4.22. The van der Waals surface area contributed by atoms with Crippen molar-refractivity contribution in [2.24, 2.45) is 0 Å². The Hall–Kier alpha value is -1.85. The van der Waals surface area contributed by atoms with Gasteiger partial charge in [0.25, 0.3) is 5.91 Å². The lowest BCUT2D eigenvalue weighted by Crippen LogP contribution is -2.33. The Labute approximate surface area is 130 Å². The lowest BCUT2D eigenvalue weighted by atomic mass is 10.1. The van der Waals surface area contributed by atoms with Gasteiger partial charge in [0.1, 0.15) is 0 Å². The molecule has 2 atom stereocenters. The Morgan fingerprint density at radius 1 is 1.45 bits per heavy atom. The van der Waals surface area contributed by atoms with Crippen LogP contribution in [0.1, 0.15) is 80.9 Å². The normalized spacial score (nSPS) is 17.0. The Bertz CT molecular complexity index is 549. The van der Waals surface area contributed by atoms with Gasteiger partial charge < -0.3 is 10.4 Å². The molecular formula is C16H25N3O3. The average Bonchev–Trinajstić information content (AvgIpc) is 3.22. The van der Waals surface area contributed by atoms with Crippen LogP contribution >= 0.6 is 0 Å². The molecule has 1 amide bonds. The number of hydrogen-bond acceptors (Lipinski definition) is 3. The van der Waals surface area contributed by atoms with E-state index in [9.17, 15) is 9.59 Å². The quantitative estimate of drug-likeness (QED) is 0.773. The summed E-state index contributed by atoms with van der Waals surface area (Å²) < 4.78 is 1.98. The maximum Gasteiger partial charge on any atom is 0.303 e. The molecule has 2 N–H and O–H groups in total. The van der Waals surface area contributed by atoms with E-state index in [-0.39, 0.29) is 24.4 Å². The highest BCUT2D eigenvalue weighted by molar-refractivity contribution is 5.95. The van der Waals surface area contributed by atoms with Crippen LogP contribution in [0.5, 0.6) is 0 Å². The van der Waals surface area contributed by atoms with Crippen LogP contribution in [0.2, 0.25) is 0 Å². The molecule has 0 aliphatic heterocycles. The number of aliphatic carboxylic acids is 1. The summed E-state index contributed by atoms with van der Waals surface area (Å²) >= 11 is 0. The Kier molecular flexibility index (Phi) is 5.21. The number of carboxylic acids is 1. The van der Waals surface area contributed by atoms with Crippen LogP contribution in [0.4, 0.5) is 0 Å². The van der Waals surface area contributed by atoms with Gasteiger partial charge in [-0.05, 0) is 39.5 Å². The molecule has 2 rings (SSSR count). The maximum absolute atomic E-state index is 12.5. The Morgan fingerprint density at radius 3 is 2.68 bits per heavy atom. The van der Waals surface area contributed by atoms with Crippen molar-refractivity contribution in [1.29, 1.82) is 0 Å². The van der Waals surface area contributed by atoms with Gasteiger partial charge in [-0.15, -0.1) is 0 Å². The van der Waals surface area contributed by atoms with Gasteiger partial charge in [-0.25, -0.2) is 0 Å². The van der Waals surface area contributed by atoms with Crippen molar-refractivity contribution in [2.45, 2.75) is 70.9 Å². The second-order valence-corrected chi connectivity index (χ2v) is 6.23. The minimum Gasteiger partial charge on any atom is -0.481 e. The minimum absolute atomic E-state index is 0.0586. The van der Waals surface area contributed by atoms with Crippen molar-refractivity contribution in [3.63, 3.8) is 0 Å². The molecule has 2 unspecified atom stereocenters. The third kappa shape index (κ3) is 3.87. The number of carboxylic acid groups (broad SMARTS) is 1. The van der Waals surface area contributed by atoms with Crippen LogP contribution in [0.3, 0.4) is 0 Å². The van der Waals surface area contributed by atoms with E-state index >= 15 is 0 Å². The highest BCUT2D eigenvalue weighted by Crippen LogP contribution is 2.42. The number of nitrogens with one attached hydrogen (secondary N) is 1. The van der Waals surface area contributed by atoms with E-state index in [1.54, 1.807) is 6.20 Å². The van der Waals surface area contributed by atoms with Gasteiger partial charge in [-0.3, -0.25) is 14.3 Å². The SMILES string of the molecule is CCC(C)n1ncc(C(=O)NC(C)CCC(=O)O)c1C1CC1. The fourth-order valence-electron chi connectivity index (χ4n) is 2.55. The first kappa shape index (κ1) is 16.5. The number of nitrogens with zero attached hydrogens (tertiary/aromatic N) is 2. The van der Waals surface area contributed by atoms with Gasteiger partial charge in [0.15, 0.2) is 0 Å². The molecule has 1 fully saturated rings. The van der Waals surface area contributed by atoms with E-state index in [0.717, 1.165) is 25.0 Å². The maximum atomic E-state index is 12.5. The van der Waals surface area contributed by atoms with Gasteiger partial charge in [-0.1, -0.05) is 6.92 Å². The topological polar surface area (TPSA) is 84.2 Å². The van der Waals surface area contributed by atoms with E-state index in [0.29, 0.717) is 17.9 Å². The van der Waals surface area contributed by atoms with Crippen molar-refractivity contribution >= 4 is 11.9 Å². The highest BCUT2D eigenvalue weighted by atomic mass is 16.4.